The van der Waals surface area contributed by atoms with E-state index < -0.39 is 6.85 Å². The first-order valence-corrected chi connectivity index (χ1v) is 23.4. The number of benzene rings is 8. The van der Waals surface area contributed by atoms with Gasteiger partial charge in [-0.25, -0.2) is 0 Å². The summed E-state index contributed by atoms with van der Waals surface area (Å²) in [6.07, 6.45) is 1.48. The number of para-hydroxylation sites is 1. The molecule has 5 nitrogen and oxygen atoms in total. The van der Waals surface area contributed by atoms with Crippen LogP contribution in [0.4, 0.5) is 0 Å². The van der Waals surface area contributed by atoms with Crippen molar-refractivity contribution in [3.63, 3.8) is 0 Å². The van der Waals surface area contributed by atoms with Crippen LogP contribution in [0, 0.1) is 19.0 Å². The summed E-state index contributed by atoms with van der Waals surface area (Å²) < 4.78 is 38.5. The number of aryl methyl sites for hydroxylation is 1. The van der Waals surface area contributed by atoms with E-state index in [1.165, 1.54) is 39.5 Å². The fourth-order valence-electron chi connectivity index (χ4n) is 9.74. The second kappa shape index (κ2) is 18.1. The Balaban J connectivity index is 0.000000240. The van der Waals surface area contributed by atoms with Gasteiger partial charge in [-0.3, -0.25) is 4.98 Å². The summed E-state index contributed by atoms with van der Waals surface area (Å²) in [5, 5.41) is 6.49. The second-order valence-electron chi connectivity index (χ2n) is 19.4. The van der Waals surface area contributed by atoms with Crippen molar-refractivity contribution in [2.75, 3.05) is 0 Å². The molecule has 0 aliphatic heterocycles. The first-order chi connectivity index (χ1) is 34.1. The van der Waals surface area contributed by atoms with Crippen LogP contribution in [0.2, 0.25) is 0 Å². The number of imidazole rings is 1. The molecule has 0 saturated carbocycles. The minimum atomic E-state index is -2.14. The van der Waals surface area contributed by atoms with E-state index in [0.29, 0.717) is 5.56 Å². The van der Waals surface area contributed by atoms with Crippen molar-refractivity contribution in [3.8, 4) is 39.5 Å². The maximum absolute atomic E-state index is 7.65. The van der Waals surface area contributed by atoms with Crippen molar-refractivity contribution in [2.24, 2.45) is 0 Å². The van der Waals surface area contributed by atoms with E-state index in [4.69, 9.17) is 17.9 Å². The summed E-state index contributed by atoms with van der Waals surface area (Å²) in [5.74, 6) is 1.31. The molecule has 0 N–H and O–H groups in total. The Bertz CT molecular complexity index is 3940. The Kier molecular flexibility index (Phi) is 11.0. The molecule has 69 heavy (non-hydrogen) atoms. The maximum Gasteiger partial charge on any atom is 0.136 e. The maximum atomic E-state index is 7.65. The molecule has 0 atom stereocenters. The SMILES string of the molecule is CC(C)c1cc(-c2ccccc2)cc(C(C)C)c1-n1c(-c2[c-]ccc3c2oc2cc4c(cc23)oc2ccccc24)nc2ccc3ccccc3c21.[2H]C([2H])([2H])c1cnc(-c2[c-]cccc2)cc1C(C)(C)C.[Ir]. The van der Waals surface area contributed by atoms with Gasteiger partial charge in [0.1, 0.15) is 16.7 Å². The number of nitrogens with zero attached hydrogens (tertiary/aromatic N) is 3. The van der Waals surface area contributed by atoms with Crippen LogP contribution >= 0.6 is 0 Å². The molecule has 6 heteroatoms. The first-order valence-electron chi connectivity index (χ1n) is 24.9. The topological polar surface area (TPSA) is 57.0 Å². The predicted octanol–water partition coefficient (Wildman–Crippen LogP) is 17.5. The predicted molar refractivity (Wildman–Crippen MR) is 283 cm³/mol. The number of fused-ring (bicyclic) bond motifs is 9. The van der Waals surface area contributed by atoms with Gasteiger partial charge < -0.3 is 18.4 Å². The third-order valence-electron chi connectivity index (χ3n) is 13.1. The summed E-state index contributed by atoms with van der Waals surface area (Å²) in [6, 6.07) is 61.1. The van der Waals surface area contributed by atoms with E-state index in [1.54, 1.807) is 0 Å². The van der Waals surface area contributed by atoms with E-state index in [1.807, 2.05) is 75.4 Å². The normalized spacial score (nSPS) is 12.7. The average Bonchev–Trinajstić information content (AvgIpc) is 4.06. The number of rotatable bonds is 6. The Morgan fingerprint density at radius 3 is 2.00 bits per heavy atom. The molecule has 4 aromatic heterocycles. The summed E-state index contributed by atoms with van der Waals surface area (Å²) in [7, 11) is 0. The van der Waals surface area contributed by atoms with Crippen molar-refractivity contribution < 1.29 is 33.1 Å². The minimum Gasteiger partial charge on any atom is -0.501 e. The van der Waals surface area contributed by atoms with E-state index in [0.717, 1.165) is 88.5 Å². The van der Waals surface area contributed by atoms with Crippen LogP contribution in [-0.2, 0) is 25.5 Å². The molecule has 343 valence electrons. The molecule has 0 aliphatic rings. The molecule has 12 rings (SSSR count). The molecule has 0 unspecified atom stereocenters. The molecule has 0 saturated heterocycles. The van der Waals surface area contributed by atoms with Gasteiger partial charge >= 0.3 is 0 Å². The molecule has 0 spiro atoms. The second-order valence-corrected chi connectivity index (χ2v) is 19.4. The summed E-state index contributed by atoms with van der Waals surface area (Å²) in [5.41, 5.74) is 14.8. The monoisotopic (exact) mass is 1080 g/mol. The minimum absolute atomic E-state index is 0. The third kappa shape index (κ3) is 8.16. The first kappa shape index (κ1) is 42.0. The van der Waals surface area contributed by atoms with Gasteiger partial charge in [0.15, 0.2) is 0 Å². The van der Waals surface area contributed by atoms with Gasteiger partial charge in [0.25, 0.3) is 0 Å². The van der Waals surface area contributed by atoms with Crippen LogP contribution in [0.15, 0.2) is 173 Å². The van der Waals surface area contributed by atoms with E-state index in [2.05, 4.69) is 153 Å². The van der Waals surface area contributed by atoms with Gasteiger partial charge in [-0.05, 0) is 105 Å². The van der Waals surface area contributed by atoms with Crippen LogP contribution in [0.1, 0.15) is 86.7 Å². The molecular weight excluding hydrogens is 1020 g/mol. The number of furan rings is 2. The van der Waals surface area contributed by atoms with Crippen molar-refractivity contribution in [1.82, 2.24) is 14.5 Å². The Hall–Kier alpha value is -7.11. The number of hydrogen-bond donors (Lipinski definition) is 0. The van der Waals surface area contributed by atoms with Crippen molar-refractivity contribution in [2.45, 2.75) is 72.6 Å². The van der Waals surface area contributed by atoms with Crippen LogP contribution in [0.3, 0.4) is 0 Å². The van der Waals surface area contributed by atoms with Crippen molar-refractivity contribution >= 4 is 65.7 Å². The number of hydrogen-bond acceptors (Lipinski definition) is 4. The number of aromatic nitrogens is 3. The average molecular weight is 1080 g/mol. The van der Waals surface area contributed by atoms with Crippen LogP contribution in [0.5, 0.6) is 0 Å². The zero-order chi connectivity index (χ0) is 49.3. The quantitative estimate of drug-likeness (QED) is 0.156. The molecular formula is C63H53IrN3O2-2. The van der Waals surface area contributed by atoms with Gasteiger partial charge in [0.2, 0.25) is 0 Å². The summed E-state index contributed by atoms with van der Waals surface area (Å²) >= 11 is 0. The molecule has 0 amide bonds. The molecule has 8 aromatic carbocycles. The Labute approximate surface area is 421 Å². The van der Waals surface area contributed by atoms with Gasteiger partial charge in [-0.2, -0.15) is 0 Å². The van der Waals surface area contributed by atoms with Gasteiger partial charge in [-0.1, -0.05) is 144 Å². The van der Waals surface area contributed by atoms with Gasteiger partial charge in [0, 0.05) is 57.6 Å². The zero-order valence-electron chi connectivity index (χ0n) is 42.7. The van der Waals surface area contributed by atoms with Crippen LogP contribution < -0.4 is 0 Å². The molecule has 1 radical (unpaired) electrons. The third-order valence-corrected chi connectivity index (χ3v) is 13.1. The van der Waals surface area contributed by atoms with Crippen LogP contribution in [-0.4, -0.2) is 14.5 Å². The number of pyridine rings is 1. The fraction of sp³-hybridized carbons (Fsp3) is 0.175. The van der Waals surface area contributed by atoms with E-state index >= 15 is 0 Å². The van der Waals surface area contributed by atoms with Gasteiger partial charge in [0.05, 0.1) is 22.4 Å². The zero-order valence-corrected chi connectivity index (χ0v) is 42.1. The molecule has 4 heterocycles. The molecule has 0 aliphatic carbocycles. The molecule has 0 bridgehead atoms. The fourth-order valence-corrected chi connectivity index (χ4v) is 9.74. The smallest absolute Gasteiger partial charge is 0.136 e. The van der Waals surface area contributed by atoms with Crippen LogP contribution in [0.25, 0.3) is 105 Å². The van der Waals surface area contributed by atoms with Crippen molar-refractivity contribution in [1.29, 1.82) is 0 Å². The summed E-state index contributed by atoms with van der Waals surface area (Å²) in [6.45, 7) is 13.1. The molecule has 12 aromatic rings. The standard InChI is InChI=1S/C47H35N2O2.C16H18N.Ir/c1-27(2)36-23-31(29-13-6-5-7-14-29)24-37(28(3)4)44(36)49-45-32-16-9-8-15-30(32)21-22-40(45)48-47(49)35-19-12-18-34-39-26-42-38(25-43(39)51-46(34)35)33-17-10-11-20-41(33)50-42;1-12-11-17-15(10-14(12)16(2,3)4)13-8-6-5-7-9-13;/h5-18,20-28H,1-4H3;5-8,10-11H,1-4H3;/q2*-1;/i;1D3;. The van der Waals surface area contributed by atoms with Gasteiger partial charge in [-0.15, -0.1) is 54.1 Å². The largest absolute Gasteiger partial charge is 0.501 e. The van der Waals surface area contributed by atoms with Crippen molar-refractivity contribution in [3.05, 3.63) is 198 Å². The van der Waals surface area contributed by atoms with E-state index in [-0.39, 0.29) is 37.4 Å². The Morgan fingerprint density at radius 1 is 0.609 bits per heavy atom. The molecule has 0 fully saturated rings. The summed E-state index contributed by atoms with van der Waals surface area (Å²) in [4.78, 5) is 9.75. The Morgan fingerprint density at radius 2 is 1.29 bits per heavy atom. The van der Waals surface area contributed by atoms with E-state index in [9.17, 15) is 0 Å².